The molecule has 0 aliphatic heterocycles. The first kappa shape index (κ1) is 26.3. The fraction of sp³-hybridized carbons (Fsp3) is 0.357. The first-order valence-corrected chi connectivity index (χ1v) is 13.4. The van der Waals surface area contributed by atoms with Gasteiger partial charge in [0.1, 0.15) is 35.5 Å². The first-order chi connectivity index (χ1) is 20.2. The molecule has 0 spiro atoms. The zero-order valence-corrected chi connectivity index (χ0v) is 22.6. The number of halogens is 4. The Bertz CT molecular complexity index is 1820. The summed E-state index contributed by atoms with van der Waals surface area (Å²) in [5.74, 6) is 0.367. The molecule has 42 heavy (non-hydrogen) atoms. The van der Waals surface area contributed by atoms with Crippen molar-refractivity contribution >= 4 is 11.0 Å². The Hall–Kier alpha value is -4.62. The van der Waals surface area contributed by atoms with Gasteiger partial charge in [-0.05, 0) is 43.4 Å². The Kier molecular flexibility index (Phi) is 6.10. The SMILES string of the molecule is COc1ncnc(C2CC2)c1-c1nc(OCc2ccc(-c3nc(C(F)(F)F)cn3C3CC3)c(F)c2)c2cn(C)nc2n1. The van der Waals surface area contributed by atoms with Crippen LogP contribution in [0, 0.1) is 5.82 Å². The van der Waals surface area contributed by atoms with Gasteiger partial charge in [-0.2, -0.15) is 23.3 Å². The van der Waals surface area contributed by atoms with E-state index in [9.17, 15) is 13.2 Å². The van der Waals surface area contributed by atoms with Crippen LogP contribution < -0.4 is 9.47 Å². The quantitative estimate of drug-likeness (QED) is 0.217. The number of imidazole rings is 1. The minimum absolute atomic E-state index is 0.0103. The Morgan fingerprint density at radius 1 is 1.00 bits per heavy atom. The van der Waals surface area contributed by atoms with Crippen molar-refractivity contribution in [3.8, 4) is 34.5 Å². The van der Waals surface area contributed by atoms with Crippen LogP contribution in [0.25, 0.3) is 33.8 Å². The van der Waals surface area contributed by atoms with Crippen molar-refractivity contribution in [2.45, 2.75) is 50.4 Å². The zero-order valence-electron chi connectivity index (χ0n) is 22.6. The number of alkyl halides is 3. The molecule has 0 radical (unpaired) electrons. The summed E-state index contributed by atoms with van der Waals surface area (Å²) >= 11 is 0. The third kappa shape index (κ3) is 4.80. The maximum Gasteiger partial charge on any atom is 0.434 e. The molecule has 2 aliphatic rings. The lowest BCUT2D eigenvalue weighted by atomic mass is 10.1. The van der Waals surface area contributed by atoms with Crippen LogP contribution in [0.2, 0.25) is 0 Å². The molecule has 0 unspecified atom stereocenters. The number of fused-ring (bicyclic) bond motifs is 1. The van der Waals surface area contributed by atoms with Crippen molar-refractivity contribution in [2.24, 2.45) is 7.05 Å². The van der Waals surface area contributed by atoms with Gasteiger partial charge in [0.2, 0.25) is 11.8 Å². The van der Waals surface area contributed by atoms with Gasteiger partial charge in [-0.15, -0.1) is 0 Å². The molecule has 10 nitrogen and oxygen atoms in total. The fourth-order valence-corrected chi connectivity index (χ4v) is 4.97. The molecular formula is C28H24F4N8O2. The zero-order chi connectivity index (χ0) is 29.2. The normalized spacial score (nSPS) is 15.4. The van der Waals surface area contributed by atoms with Crippen LogP contribution in [0.3, 0.4) is 0 Å². The summed E-state index contributed by atoms with van der Waals surface area (Å²) in [5, 5.41) is 4.97. The van der Waals surface area contributed by atoms with E-state index in [1.165, 1.54) is 30.1 Å². The first-order valence-electron chi connectivity index (χ1n) is 13.4. The van der Waals surface area contributed by atoms with E-state index in [0.717, 1.165) is 37.6 Å². The predicted molar refractivity (Wildman–Crippen MR) is 141 cm³/mol. The van der Waals surface area contributed by atoms with Gasteiger partial charge >= 0.3 is 6.18 Å². The van der Waals surface area contributed by atoms with E-state index < -0.39 is 17.7 Å². The molecule has 0 amide bonds. The van der Waals surface area contributed by atoms with Crippen LogP contribution in [0.5, 0.6) is 11.8 Å². The van der Waals surface area contributed by atoms with Gasteiger partial charge < -0.3 is 14.0 Å². The number of benzene rings is 1. The number of aromatic nitrogens is 8. The lowest BCUT2D eigenvalue weighted by molar-refractivity contribution is -0.140. The Labute approximate surface area is 236 Å². The highest BCUT2D eigenvalue weighted by molar-refractivity contribution is 5.82. The Morgan fingerprint density at radius 2 is 1.81 bits per heavy atom. The lowest BCUT2D eigenvalue weighted by Crippen LogP contribution is -2.05. The van der Waals surface area contributed by atoms with E-state index in [2.05, 4.69) is 30.0 Å². The number of hydrogen-bond donors (Lipinski definition) is 0. The fourth-order valence-electron chi connectivity index (χ4n) is 4.97. The number of nitrogens with zero attached hydrogens (tertiary/aromatic N) is 8. The van der Waals surface area contributed by atoms with Gasteiger partial charge in [0.15, 0.2) is 17.2 Å². The average molecular weight is 581 g/mol. The van der Waals surface area contributed by atoms with Gasteiger partial charge in [-0.3, -0.25) is 4.68 Å². The molecule has 2 aliphatic carbocycles. The van der Waals surface area contributed by atoms with E-state index in [4.69, 9.17) is 9.47 Å². The summed E-state index contributed by atoms with van der Waals surface area (Å²) in [6.07, 6.45) is 2.92. The number of ether oxygens (including phenoxy) is 2. The molecule has 0 N–H and O–H groups in total. The number of rotatable bonds is 8. The molecule has 0 atom stereocenters. The molecule has 0 bridgehead atoms. The number of hydrogen-bond acceptors (Lipinski definition) is 8. The molecule has 0 saturated heterocycles. The van der Waals surface area contributed by atoms with Crippen LogP contribution >= 0.6 is 0 Å². The predicted octanol–water partition coefficient (Wildman–Crippen LogP) is 5.64. The molecular weight excluding hydrogens is 556 g/mol. The molecule has 2 saturated carbocycles. The van der Waals surface area contributed by atoms with Crippen LogP contribution in [0.4, 0.5) is 17.6 Å². The number of aryl methyl sites for hydroxylation is 1. The third-order valence-corrected chi connectivity index (χ3v) is 7.29. The van der Waals surface area contributed by atoms with E-state index in [1.54, 1.807) is 24.0 Å². The second-order valence-corrected chi connectivity index (χ2v) is 10.5. The third-order valence-electron chi connectivity index (χ3n) is 7.29. The largest absolute Gasteiger partial charge is 0.480 e. The smallest absolute Gasteiger partial charge is 0.434 e. The standard InChI is InChI=1S/C28H24F4N8O2/c1-39-10-18-23(38-39)36-24(21-22(15-4-5-15)33-13-34-27(21)41-2)37-26(18)42-12-14-3-8-17(19(29)9-14)25-35-20(28(30,31)32)11-40(25)16-6-7-16/h3,8-11,13,15-16H,4-7,12H2,1-2H3. The van der Waals surface area contributed by atoms with Crippen molar-refractivity contribution in [1.29, 1.82) is 0 Å². The average Bonchev–Trinajstić information content (AvgIpc) is 3.89. The molecule has 14 heteroatoms. The molecule has 7 rings (SSSR count). The highest BCUT2D eigenvalue weighted by Crippen LogP contribution is 2.45. The molecule has 4 heterocycles. The molecule has 4 aromatic heterocycles. The second-order valence-electron chi connectivity index (χ2n) is 10.5. The van der Waals surface area contributed by atoms with E-state index in [1.807, 2.05) is 0 Å². The lowest BCUT2D eigenvalue weighted by Gasteiger charge is -2.13. The minimum atomic E-state index is -4.62. The van der Waals surface area contributed by atoms with Gasteiger partial charge in [-0.25, -0.2) is 24.3 Å². The summed E-state index contributed by atoms with van der Waals surface area (Å²) in [4.78, 5) is 21.7. The van der Waals surface area contributed by atoms with Gasteiger partial charge in [0.25, 0.3) is 0 Å². The maximum atomic E-state index is 15.3. The Morgan fingerprint density at radius 3 is 2.50 bits per heavy atom. The molecule has 216 valence electrons. The topological polar surface area (TPSA) is 106 Å². The van der Waals surface area contributed by atoms with Crippen molar-refractivity contribution in [2.75, 3.05) is 7.11 Å². The highest BCUT2D eigenvalue weighted by atomic mass is 19.4. The van der Waals surface area contributed by atoms with Crippen molar-refractivity contribution in [1.82, 2.24) is 39.3 Å². The van der Waals surface area contributed by atoms with E-state index in [0.29, 0.717) is 33.9 Å². The monoisotopic (exact) mass is 580 g/mol. The van der Waals surface area contributed by atoms with Gasteiger partial charge in [-0.1, -0.05) is 6.07 Å². The van der Waals surface area contributed by atoms with Crippen LogP contribution in [-0.2, 0) is 19.8 Å². The van der Waals surface area contributed by atoms with Gasteiger partial charge in [0, 0.05) is 31.4 Å². The molecule has 1 aromatic carbocycles. The molecule has 2 fully saturated rings. The number of methoxy groups -OCH3 is 1. The summed E-state index contributed by atoms with van der Waals surface area (Å²) < 4.78 is 69.9. The minimum Gasteiger partial charge on any atom is -0.480 e. The summed E-state index contributed by atoms with van der Waals surface area (Å²) in [7, 11) is 3.26. The van der Waals surface area contributed by atoms with E-state index in [-0.39, 0.29) is 35.8 Å². The van der Waals surface area contributed by atoms with Gasteiger partial charge in [0.05, 0.1) is 18.4 Å². The van der Waals surface area contributed by atoms with E-state index >= 15 is 4.39 Å². The summed E-state index contributed by atoms with van der Waals surface area (Å²) in [6.45, 7) is -0.0690. The summed E-state index contributed by atoms with van der Waals surface area (Å²) in [6, 6.07) is 4.14. The van der Waals surface area contributed by atoms with Crippen LogP contribution in [0.1, 0.15) is 54.6 Å². The van der Waals surface area contributed by atoms with Crippen molar-refractivity contribution < 1.29 is 27.0 Å². The summed E-state index contributed by atoms with van der Waals surface area (Å²) in [5.41, 5.74) is 1.15. The second kappa shape index (κ2) is 9.74. The maximum absolute atomic E-state index is 15.3. The molecule has 5 aromatic rings. The van der Waals surface area contributed by atoms with Crippen molar-refractivity contribution in [3.05, 3.63) is 59.7 Å². The Balaban J connectivity index is 1.21. The van der Waals surface area contributed by atoms with Crippen molar-refractivity contribution in [3.63, 3.8) is 0 Å². The highest BCUT2D eigenvalue weighted by Gasteiger charge is 2.38. The van der Waals surface area contributed by atoms with Crippen LogP contribution in [0.15, 0.2) is 36.9 Å². The van der Waals surface area contributed by atoms with Crippen LogP contribution in [-0.4, -0.2) is 46.4 Å².